The van der Waals surface area contributed by atoms with E-state index < -0.39 is 0 Å². The summed E-state index contributed by atoms with van der Waals surface area (Å²) in [7, 11) is 0. The summed E-state index contributed by atoms with van der Waals surface area (Å²) in [4.78, 5) is 35.5. The van der Waals surface area contributed by atoms with E-state index in [1.165, 1.54) is 0 Å². The lowest BCUT2D eigenvalue weighted by atomic mass is 9.94. The lowest BCUT2D eigenvalue weighted by molar-refractivity contribution is -0.146. The summed E-state index contributed by atoms with van der Waals surface area (Å²) < 4.78 is 5.14. The fraction of sp³-hybridized carbons (Fsp3) is 0.526. The van der Waals surface area contributed by atoms with Gasteiger partial charge in [0.15, 0.2) is 5.78 Å². The minimum Gasteiger partial charge on any atom is -0.465 e. The smallest absolute Gasteiger partial charge is 0.305 e. The van der Waals surface area contributed by atoms with Crippen LogP contribution >= 0.6 is 0 Å². The van der Waals surface area contributed by atoms with Crippen LogP contribution in [-0.4, -0.2) is 30.8 Å². The van der Waals surface area contributed by atoms with Crippen molar-refractivity contribution in [2.45, 2.75) is 46.5 Å². The molecule has 0 radical (unpaired) electrons. The van der Waals surface area contributed by atoms with Crippen LogP contribution in [-0.2, 0) is 14.3 Å². The number of rotatable bonds is 7. The van der Waals surface area contributed by atoms with Crippen molar-refractivity contribution < 1.29 is 19.1 Å². The van der Waals surface area contributed by atoms with Crippen molar-refractivity contribution in [1.82, 2.24) is 5.32 Å². The molecular formula is C19H25NO4. The molecule has 1 aliphatic rings. The number of benzene rings is 1. The summed E-state index contributed by atoms with van der Waals surface area (Å²) in [5.74, 6) is -0.565. The summed E-state index contributed by atoms with van der Waals surface area (Å²) >= 11 is 0. The van der Waals surface area contributed by atoms with E-state index in [1.807, 2.05) is 32.9 Å². The number of carbonyl (C=O) groups is 3. The largest absolute Gasteiger partial charge is 0.465 e. The molecule has 1 fully saturated rings. The van der Waals surface area contributed by atoms with Gasteiger partial charge in [-0.3, -0.25) is 14.4 Å². The highest BCUT2D eigenvalue weighted by molar-refractivity contribution is 5.99. The zero-order valence-electron chi connectivity index (χ0n) is 14.6. The molecule has 1 unspecified atom stereocenters. The fourth-order valence-electron chi connectivity index (χ4n) is 3.21. The number of nitrogens with one attached hydrogen (secondary N) is 1. The molecule has 1 aliphatic heterocycles. The molecule has 1 N–H and O–H groups in total. The van der Waals surface area contributed by atoms with E-state index in [0.29, 0.717) is 25.8 Å². The topological polar surface area (TPSA) is 72.5 Å². The van der Waals surface area contributed by atoms with Gasteiger partial charge in [0.05, 0.1) is 5.92 Å². The number of carbonyl (C=O) groups excluding carboxylic acids is 3. The molecule has 0 spiro atoms. The van der Waals surface area contributed by atoms with Crippen molar-refractivity contribution in [2.75, 3.05) is 13.2 Å². The quantitative estimate of drug-likeness (QED) is 0.616. The highest BCUT2D eigenvalue weighted by Crippen LogP contribution is 2.19. The van der Waals surface area contributed by atoms with Crippen LogP contribution in [0.15, 0.2) is 12.1 Å². The van der Waals surface area contributed by atoms with Gasteiger partial charge in [-0.25, -0.2) is 0 Å². The van der Waals surface area contributed by atoms with E-state index in [-0.39, 0.29) is 36.6 Å². The third kappa shape index (κ3) is 4.66. The molecule has 130 valence electrons. The van der Waals surface area contributed by atoms with Crippen molar-refractivity contribution in [3.8, 4) is 0 Å². The number of hydrogen-bond acceptors (Lipinski definition) is 4. The summed E-state index contributed by atoms with van der Waals surface area (Å²) in [6.45, 7) is 6.66. The number of aryl methyl sites for hydroxylation is 3. The van der Waals surface area contributed by atoms with Crippen LogP contribution < -0.4 is 5.32 Å². The van der Waals surface area contributed by atoms with E-state index in [4.69, 9.17) is 4.74 Å². The SMILES string of the molecule is Cc1cc(C)c(C(=O)CCCC(=O)OCC2CCNC2=O)c(C)c1. The number of ketones is 1. The Bertz CT molecular complexity index is 628. The van der Waals surface area contributed by atoms with Gasteiger partial charge < -0.3 is 10.1 Å². The maximum Gasteiger partial charge on any atom is 0.305 e. The molecule has 0 bridgehead atoms. The number of ether oxygens (including phenoxy) is 1. The minimum atomic E-state index is -0.347. The summed E-state index contributed by atoms with van der Waals surface area (Å²) in [5.41, 5.74) is 3.86. The van der Waals surface area contributed by atoms with Gasteiger partial charge in [0.25, 0.3) is 0 Å². The van der Waals surface area contributed by atoms with Gasteiger partial charge in [0.1, 0.15) is 6.61 Å². The van der Waals surface area contributed by atoms with Crippen molar-refractivity contribution in [3.05, 3.63) is 34.4 Å². The molecule has 1 aromatic rings. The van der Waals surface area contributed by atoms with Crippen molar-refractivity contribution in [2.24, 2.45) is 5.92 Å². The Morgan fingerprint density at radius 1 is 1.17 bits per heavy atom. The van der Waals surface area contributed by atoms with Gasteiger partial charge in [-0.1, -0.05) is 17.7 Å². The minimum absolute atomic E-state index is 0.0525. The van der Waals surface area contributed by atoms with E-state index in [1.54, 1.807) is 0 Å². The van der Waals surface area contributed by atoms with Crippen LogP contribution in [0.4, 0.5) is 0 Å². The first-order valence-electron chi connectivity index (χ1n) is 8.43. The Kier molecular flexibility index (Phi) is 6.12. The Balaban J connectivity index is 1.76. The molecule has 1 amide bonds. The molecule has 0 saturated carbocycles. The average Bonchev–Trinajstić information content (AvgIpc) is 2.89. The second kappa shape index (κ2) is 8.08. The van der Waals surface area contributed by atoms with Crippen LogP contribution in [0.3, 0.4) is 0 Å². The van der Waals surface area contributed by atoms with Crippen molar-refractivity contribution in [1.29, 1.82) is 0 Å². The van der Waals surface area contributed by atoms with Crippen LogP contribution in [0.5, 0.6) is 0 Å². The number of amides is 1. The van der Waals surface area contributed by atoms with Crippen molar-refractivity contribution in [3.63, 3.8) is 0 Å². The predicted molar refractivity (Wildman–Crippen MR) is 90.9 cm³/mol. The van der Waals surface area contributed by atoms with E-state index >= 15 is 0 Å². The Morgan fingerprint density at radius 3 is 2.42 bits per heavy atom. The zero-order chi connectivity index (χ0) is 17.7. The summed E-state index contributed by atoms with van der Waals surface area (Å²) in [6, 6.07) is 4.00. The molecule has 0 aromatic heterocycles. The molecule has 5 nitrogen and oxygen atoms in total. The maximum absolute atomic E-state index is 12.4. The van der Waals surface area contributed by atoms with Crippen LogP contribution in [0, 0.1) is 26.7 Å². The molecular weight excluding hydrogens is 306 g/mol. The molecule has 1 atom stereocenters. The Labute approximate surface area is 142 Å². The second-order valence-corrected chi connectivity index (χ2v) is 6.51. The Hall–Kier alpha value is -2.17. The third-order valence-corrected chi connectivity index (χ3v) is 4.35. The van der Waals surface area contributed by atoms with Crippen LogP contribution in [0.2, 0.25) is 0 Å². The average molecular weight is 331 g/mol. The van der Waals surface area contributed by atoms with Crippen LogP contribution in [0.1, 0.15) is 52.7 Å². The van der Waals surface area contributed by atoms with Gasteiger partial charge in [-0.2, -0.15) is 0 Å². The van der Waals surface area contributed by atoms with Gasteiger partial charge in [-0.05, 0) is 44.7 Å². The summed E-state index contributed by atoms with van der Waals surface area (Å²) in [5, 5.41) is 2.71. The molecule has 24 heavy (non-hydrogen) atoms. The Morgan fingerprint density at radius 2 is 1.83 bits per heavy atom. The standard InChI is InChI=1S/C19H25NO4/c1-12-9-13(2)18(14(3)10-12)16(21)5-4-6-17(22)24-11-15-7-8-20-19(15)23/h9-10,15H,4-8,11H2,1-3H3,(H,20,23). The van der Waals surface area contributed by atoms with Crippen molar-refractivity contribution >= 4 is 17.7 Å². The van der Waals surface area contributed by atoms with Gasteiger partial charge in [0, 0.05) is 24.9 Å². The first kappa shape index (κ1) is 18.2. The third-order valence-electron chi connectivity index (χ3n) is 4.35. The predicted octanol–water partition coefficient (Wildman–Crippen LogP) is 2.64. The van der Waals surface area contributed by atoms with Gasteiger partial charge in [0.2, 0.25) is 5.91 Å². The van der Waals surface area contributed by atoms with Crippen LogP contribution in [0.25, 0.3) is 0 Å². The molecule has 2 rings (SSSR count). The van der Waals surface area contributed by atoms with E-state index in [9.17, 15) is 14.4 Å². The van der Waals surface area contributed by atoms with E-state index in [2.05, 4.69) is 5.32 Å². The second-order valence-electron chi connectivity index (χ2n) is 6.51. The van der Waals surface area contributed by atoms with Gasteiger partial charge in [-0.15, -0.1) is 0 Å². The maximum atomic E-state index is 12.4. The zero-order valence-corrected chi connectivity index (χ0v) is 14.6. The highest BCUT2D eigenvalue weighted by atomic mass is 16.5. The lowest BCUT2D eigenvalue weighted by Crippen LogP contribution is -2.23. The lowest BCUT2D eigenvalue weighted by Gasteiger charge is -2.11. The normalized spacial score (nSPS) is 16.8. The number of Topliss-reactive ketones (excluding diaryl/α,β-unsaturated/α-hetero) is 1. The highest BCUT2D eigenvalue weighted by Gasteiger charge is 2.25. The molecule has 0 aliphatic carbocycles. The summed E-state index contributed by atoms with van der Waals surface area (Å²) in [6.07, 6.45) is 1.69. The first-order chi connectivity index (χ1) is 11.4. The number of hydrogen-bond donors (Lipinski definition) is 1. The fourth-order valence-corrected chi connectivity index (χ4v) is 3.21. The van der Waals surface area contributed by atoms with Gasteiger partial charge >= 0.3 is 5.97 Å². The first-order valence-corrected chi connectivity index (χ1v) is 8.43. The monoisotopic (exact) mass is 331 g/mol. The molecule has 1 heterocycles. The molecule has 5 heteroatoms. The molecule has 1 saturated heterocycles. The van der Waals surface area contributed by atoms with E-state index in [0.717, 1.165) is 22.3 Å². The number of esters is 1. The molecule has 1 aromatic carbocycles.